The van der Waals surface area contributed by atoms with Gasteiger partial charge in [-0.15, -0.1) is 0 Å². The van der Waals surface area contributed by atoms with Crippen LogP contribution >= 0.6 is 0 Å². The first-order valence-corrected chi connectivity index (χ1v) is 6.62. The van der Waals surface area contributed by atoms with E-state index >= 15 is 0 Å². The van der Waals surface area contributed by atoms with Crippen LogP contribution in [0.4, 0.5) is 0 Å². The molecule has 0 radical (unpaired) electrons. The third-order valence-electron chi connectivity index (χ3n) is 2.71. The van der Waals surface area contributed by atoms with Gasteiger partial charge >= 0.3 is 5.97 Å². The van der Waals surface area contributed by atoms with Crippen LogP contribution in [0.25, 0.3) is 0 Å². The Balaban J connectivity index is 2.89. The van der Waals surface area contributed by atoms with E-state index < -0.39 is 5.92 Å². The molecule has 108 valence electrons. The van der Waals surface area contributed by atoms with Crippen LogP contribution in [0.3, 0.4) is 0 Å². The molecule has 0 fully saturated rings. The van der Waals surface area contributed by atoms with Crippen LogP contribution in [-0.4, -0.2) is 29.3 Å². The molecule has 0 bridgehead atoms. The first kappa shape index (κ1) is 15.6. The molecule has 2 atom stereocenters. The second kappa shape index (κ2) is 7.23. The number of ether oxygens (including phenoxy) is 2. The molecule has 0 saturated heterocycles. The number of esters is 1. The van der Waals surface area contributed by atoms with Gasteiger partial charge in [0.1, 0.15) is 12.0 Å². The Labute approximate surface area is 113 Å². The van der Waals surface area contributed by atoms with Gasteiger partial charge in [-0.05, 0) is 26.7 Å². The molecule has 6 heteroatoms. The molecule has 0 aromatic carbocycles. The van der Waals surface area contributed by atoms with E-state index in [1.165, 1.54) is 0 Å². The molecule has 2 unspecified atom stereocenters. The van der Waals surface area contributed by atoms with Crippen LogP contribution in [0, 0.1) is 5.92 Å². The summed E-state index contributed by atoms with van der Waals surface area (Å²) < 4.78 is 15.6. The quantitative estimate of drug-likeness (QED) is 0.708. The summed E-state index contributed by atoms with van der Waals surface area (Å²) in [5.74, 6) is -0.108. The lowest BCUT2D eigenvalue weighted by molar-refractivity contribution is -0.146. The molecule has 0 N–H and O–H groups in total. The highest BCUT2D eigenvalue weighted by atomic mass is 16.5. The second-order valence-electron chi connectivity index (χ2n) is 4.56. The molecule has 0 aliphatic rings. The average Bonchev–Trinajstić information content (AvgIpc) is 2.78. The van der Waals surface area contributed by atoms with Gasteiger partial charge in [-0.1, -0.05) is 19.0 Å². The van der Waals surface area contributed by atoms with Gasteiger partial charge in [0.15, 0.2) is 5.82 Å². The van der Waals surface area contributed by atoms with E-state index in [4.69, 9.17) is 14.0 Å². The Morgan fingerprint density at radius 3 is 2.47 bits per heavy atom. The fraction of sp³-hybridized carbons (Fsp3) is 0.769. The molecule has 1 aromatic heterocycles. The zero-order valence-electron chi connectivity index (χ0n) is 12.2. The Bertz CT molecular complexity index is 403. The van der Waals surface area contributed by atoms with Crippen molar-refractivity contribution in [1.82, 2.24) is 10.1 Å². The van der Waals surface area contributed by atoms with E-state index in [0.717, 1.165) is 0 Å². The molecule has 0 amide bonds. The number of carbonyl (C=O) groups excluding carboxylic acids is 1. The van der Waals surface area contributed by atoms with Crippen LogP contribution in [0.2, 0.25) is 0 Å². The molecule has 1 aromatic rings. The number of carbonyl (C=O) groups is 1. The van der Waals surface area contributed by atoms with E-state index in [2.05, 4.69) is 10.1 Å². The van der Waals surface area contributed by atoms with Gasteiger partial charge in [-0.2, -0.15) is 4.98 Å². The van der Waals surface area contributed by atoms with Crippen LogP contribution < -0.4 is 0 Å². The maximum absolute atomic E-state index is 11.9. The molecular weight excluding hydrogens is 248 g/mol. The van der Waals surface area contributed by atoms with Crippen molar-refractivity contribution in [3.63, 3.8) is 0 Å². The number of aromatic nitrogens is 2. The second-order valence-corrected chi connectivity index (χ2v) is 4.56. The lowest BCUT2D eigenvalue weighted by Crippen LogP contribution is -2.21. The SMILES string of the molecule is CCOC(=O)C(c1nc(C(C)OCC)no1)C(C)C. The van der Waals surface area contributed by atoms with Gasteiger partial charge in [-0.25, -0.2) is 0 Å². The van der Waals surface area contributed by atoms with Gasteiger partial charge in [0, 0.05) is 6.61 Å². The number of hydrogen-bond acceptors (Lipinski definition) is 6. The Hall–Kier alpha value is -1.43. The molecule has 6 nitrogen and oxygen atoms in total. The molecule has 0 saturated carbocycles. The zero-order chi connectivity index (χ0) is 14.4. The number of nitrogens with zero attached hydrogens (tertiary/aromatic N) is 2. The van der Waals surface area contributed by atoms with Gasteiger partial charge in [0.05, 0.1) is 6.61 Å². The Morgan fingerprint density at radius 2 is 1.95 bits per heavy atom. The van der Waals surface area contributed by atoms with E-state index in [0.29, 0.717) is 19.0 Å². The Kier molecular flexibility index (Phi) is 5.95. The monoisotopic (exact) mass is 270 g/mol. The van der Waals surface area contributed by atoms with Crippen molar-refractivity contribution in [1.29, 1.82) is 0 Å². The normalized spacial score (nSPS) is 14.4. The molecule has 0 aliphatic carbocycles. The largest absolute Gasteiger partial charge is 0.465 e. The van der Waals surface area contributed by atoms with Crippen molar-refractivity contribution in [2.75, 3.05) is 13.2 Å². The third kappa shape index (κ3) is 4.02. The predicted octanol–water partition coefficient (Wildman–Crippen LogP) is 2.47. The third-order valence-corrected chi connectivity index (χ3v) is 2.71. The minimum absolute atomic E-state index is 0.0229. The number of hydrogen-bond donors (Lipinski definition) is 0. The van der Waals surface area contributed by atoms with Crippen molar-refractivity contribution >= 4 is 5.97 Å². The highest BCUT2D eigenvalue weighted by Gasteiger charge is 2.31. The maximum Gasteiger partial charge on any atom is 0.318 e. The lowest BCUT2D eigenvalue weighted by atomic mass is 9.96. The van der Waals surface area contributed by atoms with E-state index in [1.54, 1.807) is 6.92 Å². The summed E-state index contributed by atoms with van der Waals surface area (Å²) >= 11 is 0. The minimum atomic E-state index is -0.532. The summed E-state index contributed by atoms with van der Waals surface area (Å²) in [6.45, 7) is 10.2. The summed E-state index contributed by atoms with van der Waals surface area (Å²) in [6.07, 6.45) is -0.252. The topological polar surface area (TPSA) is 74.5 Å². The van der Waals surface area contributed by atoms with Crippen molar-refractivity contribution in [3.05, 3.63) is 11.7 Å². The number of rotatable bonds is 7. The predicted molar refractivity (Wildman–Crippen MR) is 68.6 cm³/mol. The first-order chi connectivity index (χ1) is 9.01. The molecular formula is C13H22N2O4. The fourth-order valence-corrected chi connectivity index (χ4v) is 1.75. The van der Waals surface area contributed by atoms with Crippen LogP contribution in [0.1, 0.15) is 58.4 Å². The van der Waals surface area contributed by atoms with Crippen molar-refractivity contribution in [2.45, 2.75) is 46.6 Å². The molecule has 1 rings (SSSR count). The summed E-state index contributed by atoms with van der Waals surface area (Å²) in [6, 6.07) is 0. The van der Waals surface area contributed by atoms with Gasteiger partial charge in [-0.3, -0.25) is 4.79 Å². The summed E-state index contributed by atoms with van der Waals surface area (Å²) in [7, 11) is 0. The van der Waals surface area contributed by atoms with Crippen molar-refractivity contribution in [3.8, 4) is 0 Å². The van der Waals surface area contributed by atoms with Gasteiger partial charge in [0.25, 0.3) is 0 Å². The smallest absolute Gasteiger partial charge is 0.318 e. The molecule has 19 heavy (non-hydrogen) atoms. The fourth-order valence-electron chi connectivity index (χ4n) is 1.75. The summed E-state index contributed by atoms with van der Waals surface area (Å²) in [5.41, 5.74) is 0. The van der Waals surface area contributed by atoms with Gasteiger partial charge < -0.3 is 14.0 Å². The highest BCUT2D eigenvalue weighted by Crippen LogP contribution is 2.26. The highest BCUT2D eigenvalue weighted by molar-refractivity contribution is 5.77. The zero-order valence-corrected chi connectivity index (χ0v) is 12.2. The standard InChI is InChI=1S/C13H22N2O4/c1-6-17-9(5)11-14-12(19-15-11)10(8(3)4)13(16)18-7-2/h8-10H,6-7H2,1-5H3. The van der Waals surface area contributed by atoms with Gasteiger partial charge in [0.2, 0.25) is 5.89 Å². The summed E-state index contributed by atoms with van der Waals surface area (Å²) in [5, 5.41) is 3.86. The molecule has 1 heterocycles. The average molecular weight is 270 g/mol. The summed E-state index contributed by atoms with van der Waals surface area (Å²) in [4.78, 5) is 16.2. The van der Waals surface area contributed by atoms with Crippen LogP contribution in [0.15, 0.2) is 4.52 Å². The molecule has 0 spiro atoms. The van der Waals surface area contributed by atoms with E-state index in [1.807, 2.05) is 27.7 Å². The Morgan fingerprint density at radius 1 is 1.26 bits per heavy atom. The van der Waals surface area contributed by atoms with E-state index in [-0.39, 0.29) is 23.9 Å². The van der Waals surface area contributed by atoms with E-state index in [9.17, 15) is 4.79 Å². The maximum atomic E-state index is 11.9. The first-order valence-electron chi connectivity index (χ1n) is 6.62. The lowest BCUT2D eigenvalue weighted by Gasteiger charge is -2.14. The van der Waals surface area contributed by atoms with Crippen LogP contribution in [0.5, 0.6) is 0 Å². The molecule has 0 aliphatic heterocycles. The van der Waals surface area contributed by atoms with Crippen molar-refractivity contribution < 1.29 is 18.8 Å². The van der Waals surface area contributed by atoms with Crippen molar-refractivity contribution in [2.24, 2.45) is 5.92 Å². The minimum Gasteiger partial charge on any atom is -0.465 e. The van der Waals surface area contributed by atoms with Crippen LogP contribution in [-0.2, 0) is 14.3 Å².